The third-order valence-corrected chi connectivity index (χ3v) is 7.43. The Morgan fingerprint density at radius 1 is 0.550 bits per heavy atom. The van der Waals surface area contributed by atoms with Crippen LogP contribution in [0.4, 0.5) is 8.78 Å². The van der Waals surface area contributed by atoms with Crippen molar-refractivity contribution in [3.8, 4) is 28.4 Å². The minimum absolute atomic E-state index is 0.323. The topological polar surface area (TPSA) is 52.9 Å². The summed E-state index contributed by atoms with van der Waals surface area (Å²) in [7, 11) is 0. The molecule has 7 aromatic rings. The van der Waals surface area contributed by atoms with Gasteiger partial charge in [0.15, 0.2) is 5.36 Å². The molecule has 0 aliphatic carbocycles. The third kappa shape index (κ3) is 3.55. The fourth-order valence-electron chi connectivity index (χ4n) is 5.70. The van der Waals surface area contributed by atoms with Gasteiger partial charge in [0.2, 0.25) is 6.19 Å². The average Bonchev–Trinajstić information content (AvgIpc) is 3.43. The van der Waals surface area contributed by atoms with Gasteiger partial charge in [0, 0.05) is 21.5 Å². The SMILES string of the molecule is [C-]#[N+]/N=c1\c2cc(-c3cccc(F)c3)ccc2c2cc3c(=NC#N)c4cc(-c5cccc(F)c5)ccc4c3cc12. The second-order valence-corrected chi connectivity index (χ2v) is 9.59. The van der Waals surface area contributed by atoms with E-state index in [1.165, 1.54) is 24.3 Å². The molecule has 6 heteroatoms. The summed E-state index contributed by atoms with van der Waals surface area (Å²) in [4.78, 5) is 7.54. The van der Waals surface area contributed by atoms with Crippen LogP contribution in [0, 0.1) is 29.7 Å². The quantitative estimate of drug-likeness (QED) is 0.130. The molecule has 0 saturated carbocycles. The number of nitrogens with zero attached hydrogens (tertiary/aromatic N) is 4. The van der Waals surface area contributed by atoms with Gasteiger partial charge >= 0.3 is 0 Å². The summed E-state index contributed by atoms with van der Waals surface area (Å²) in [5, 5.41) is 21.5. The minimum atomic E-state index is -0.325. The van der Waals surface area contributed by atoms with Crippen LogP contribution in [0.3, 0.4) is 0 Å². The second kappa shape index (κ2) is 8.94. The van der Waals surface area contributed by atoms with E-state index in [-0.39, 0.29) is 11.6 Å². The van der Waals surface area contributed by atoms with E-state index in [1.54, 1.807) is 12.1 Å². The zero-order valence-electron chi connectivity index (χ0n) is 20.8. The van der Waals surface area contributed by atoms with Crippen LogP contribution >= 0.6 is 0 Å². The predicted molar refractivity (Wildman–Crippen MR) is 153 cm³/mol. The van der Waals surface area contributed by atoms with Crippen molar-refractivity contribution in [3.05, 3.63) is 131 Å². The highest BCUT2D eigenvalue weighted by atomic mass is 19.1. The Morgan fingerprint density at radius 3 is 1.52 bits per heavy atom. The predicted octanol–water partition coefficient (Wildman–Crippen LogP) is 7.90. The fraction of sp³-hybridized carbons (Fsp3) is 0. The van der Waals surface area contributed by atoms with Crippen LogP contribution in [0.25, 0.3) is 70.3 Å². The Kier molecular flexibility index (Phi) is 5.23. The number of benzene rings is 5. The average molecular weight is 519 g/mol. The van der Waals surface area contributed by atoms with Crippen molar-refractivity contribution in [1.82, 2.24) is 0 Å². The summed E-state index contributed by atoms with van der Waals surface area (Å²) < 4.78 is 27.8. The first-order valence-electron chi connectivity index (χ1n) is 12.5. The molecule has 0 aliphatic rings. The molecule has 0 amide bonds. The normalized spacial score (nSPS) is 12.5. The first-order valence-corrected chi connectivity index (χ1v) is 12.5. The van der Waals surface area contributed by atoms with E-state index in [4.69, 9.17) is 6.57 Å². The second-order valence-electron chi connectivity index (χ2n) is 9.59. The summed E-state index contributed by atoms with van der Waals surface area (Å²) in [5.41, 5.74) is 3.09. The van der Waals surface area contributed by atoms with Gasteiger partial charge in [-0.2, -0.15) is 16.8 Å². The van der Waals surface area contributed by atoms with Gasteiger partial charge in [-0.3, -0.25) is 0 Å². The van der Waals surface area contributed by atoms with Crippen molar-refractivity contribution in [3.63, 3.8) is 0 Å². The van der Waals surface area contributed by atoms with Crippen LogP contribution in [0.1, 0.15) is 0 Å². The monoisotopic (exact) mass is 518 g/mol. The van der Waals surface area contributed by atoms with Crippen LogP contribution in [0.15, 0.2) is 107 Å². The molecule has 0 unspecified atom stereocenters. The lowest BCUT2D eigenvalue weighted by atomic mass is 10.0. The van der Waals surface area contributed by atoms with E-state index < -0.39 is 0 Å². The molecule has 40 heavy (non-hydrogen) atoms. The Balaban J connectivity index is 1.56. The highest BCUT2D eigenvalue weighted by Gasteiger charge is 2.17. The molecule has 7 rings (SSSR count). The Morgan fingerprint density at radius 2 is 1.02 bits per heavy atom. The van der Waals surface area contributed by atoms with E-state index >= 15 is 0 Å². The van der Waals surface area contributed by atoms with Gasteiger partial charge in [0.1, 0.15) is 11.6 Å². The van der Waals surface area contributed by atoms with Gasteiger partial charge in [-0.15, -0.1) is 4.95 Å². The van der Waals surface area contributed by atoms with Crippen molar-refractivity contribution >= 4 is 43.1 Å². The van der Waals surface area contributed by atoms with E-state index in [9.17, 15) is 14.0 Å². The highest BCUT2D eigenvalue weighted by Crippen LogP contribution is 2.35. The molecule has 0 aromatic heterocycles. The maximum atomic E-state index is 13.9. The summed E-state index contributed by atoms with van der Waals surface area (Å²) in [6.07, 6.45) is 1.94. The fourth-order valence-corrected chi connectivity index (χ4v) is 5.70. The first kappa shape index (κ1) is 23.4. The largest absolute Gasteiger partial charge is 0.207 e. The van der Waals surface area contributed by atoms with Gasteiger partial charge in [0.05, 0.1) is 10.5 Å². The van der Waals surface area contributed by atoms with Crippen molar-refractivity contribution in [1.29, 1.82) is 5.26 Å². The van der Waals surface area contributed by atoms with Crippen molar-refractivity contribution in [2.75, 3.05) is 0 Å². The van der Waals surface area contributed by atoms with Crippen LogP contribution in [0.2, 0.25) is 0 Å². The molecule has 0 radical (unpaired) electrons. The summed E-state index contributed by atoms with van der Waals surface area (Å²) in [5.74, 6) is -0.647. The molecular formula is C34H16F2N4. The molecule has 4 nitrogen and oxygen atoms in total. The van der Waals surface area contributed by atoms with Crippen molar-refractivity contribution in [2.24, 2.45) is 10.1 Å². The van der Waals surface area contributed by atoms with Gasteiger partial charge in [-0.1, -0.05) is 48.5 Å². The third-order valence-electron chi connectivity index (χ3n) is 7.43. The molecule has 7 aromatic carbocycles. The summed E-state index contributed by atoms with van der Waals surface area (Å²) in [6, 6.07) is 28.4. The van der Waals surface area contributed by atoms with E-state index in [0.29, 0.717) is 10.7 Å². The smallest absolute Gasteiger partial charge is 0.206 e. The molecular weight excluding hydrogens is 502 g/mol. The molecule has 0 fully saturated rings. The minimum Gasteiger partial charge on any atom is -0.207 e. The zero-order valence-corrected chi connectivity index (χ0v) is 20.8. The number of hydrogen-bond acceptors (Lipinski definition) is 3. The standard InChI is InChI=1S/C34H16F2N4/c1-38-40-34-30-15-22(20-5-3-7-24(36)13-20)9-11-26(30)28-16-31-27(17-32(28)34)25-10-8-21(14-29(25)33(31)39-18-37)19-4-2-6-23(35)12-19/h2-17H/b39-33?,40-34+. The summed E-state index contributed by atoms with van der Waals surface area (Å²) in [6.45, 7) is 7.48. The van der Waals surface area contributed by atoms with Crippen LogP contribution < -0.4 is 10.7 Å². The summed E-state index contributed by atoms with van der Waals surface area (Å²) >= 11 is 0. The lowest BCUT2D eigenvalue weighted by Gasteiger charge is -2.02. The Labute approximate surface area is 226 Å². The number of halogens is 2. The Bertz CT molecular complexity index is 2210. The lowest BCUT2D eigenvalue weighted by molar-refractivity contribution is 0.628. The van der Waals surface area contributed by atoms with Gasteiger partial charge < -0.3 is 0 Å². The van der Waals surface area contributed by atoms with Crippen LogP contribution in [-0.2, 0) is 0 Å². The molecule has 186 valence electrons. The van der Waals surface area contributed by atoms with Crippen molar-refractivity contribution in [2.45, 2.75) is 0 Å². The molecule has 0 spiro atoms. The Hall–Kier alpha value is -5.72. The zero-order chi connectivity index (χ0) is 27.4. The first-order chi connectivity index (χ1) is 19.6. The van der Waals surface area contributed by atoms with E-state index in [0.717, 1.165) is 65.3 Å². The van der Waals surface area contributed by atoms with Crippen LogP contribution in [-0.4, -0.2) is 0 Å². The molecule has 0 atom stereocenters. The highest BCUT2D eigenvalue weighted by molar-refractivity contribution is 6.21. The van der Waals surface area contributed by atoms with Crippen LogP contribution in [0.5, 0.6) is 0 Å². The lowest BCUT2D eigenvalue weighted by Crippen LogP contribution is -1.99. The number of rotatable bonds is 2. The maximum absolute atomic E-state index is 13.9. The molecule has 0 bridgehead atoms. The maximum Gasteiger partial charge on any atom is 0.206 e. The molecule has 0 aliphatic heterocycles. The van der Waals surface area contributed by atoms with Gasteiger partial charge in [-0.05, 0) is 92.3 Å². The van der Waals surface area contributed by atoms with Crippen molar-refractivity contribution < 1.29 is 8.78 Å². The van der Waals surface area contributed by atoms with Gasteiger partial charge in [0.25, 0.3) is 0 Å². The molecule has 0 saturated heterocycles. The number of nitriles is 1. The molecule has 0 heterocycles. The number of fused-ring (bicyclic) bond motifs is 6. The van der Waals surface area contributed by atoms with E-state index in [2.05, 4.69) is 15.0 Å². The molecule has 0 N–H and O–H groups in total. The van der Waals surface area contributed by atoms with Gasteiger partial charge in [-0.25, -0.2) is 8.78 Å². The number of hydrogen-bond donors (Lipinski definition) is 0. The van der Waals surface area contributed by atoms with E-state index in [1.807, 2.05) is 66.9 Å².